The van der Waals surface area contributed by atoms with E-state index in [2.05, 4.69) is 20.3 Å². The molecule has 0 aliphatic heterocycles. The minimum Gasteiger partial charge on any atom is -0.383 e. The number of nitrogens with two attached hydrogens (primary N) is 1. The SMILES string of the molecule is CNc1ccc2[nH]c(C(N)COC)nc2n1. The second-order valence-corrected chi connectivity index (χ2v) is 3.50. The Balaban J connectivity index is 2.35. The minimum absolute atomic E-state index is 0.253. The topological polar surface area (TPSA) is 88.9 Å². The number of methoxy groups -OCH3 is 1. The van der Waals surface area contributed by atoms with Crippen molar-refractivity contribution in [1.29, 1.82) is 0 Å². The van der Waals surface area contributed by atoms with Gasteiger partial charge in [0.25, 0.3) is 0 Å². The Morgan fingerprint density at radius 2 is 2.31 bits per heavy atom. The molecule has 0 fully saturated rings. The molecule has 0 radical (unpaired) electrons. The van der Waals surface area contributed by atoms with Crippen molar-refractivity contribution in [2.24, 2.45) is 5.73 Å². The van der Waals surface area contributed by atoms with Crippen LogP contribution in [-0.2, 0) is 4.74 Å². The van der Waals surface area contributed by atoms with Crippen molar-refractivity contribution in [2.75, 3.05) is 26.1 Å². The number of H-pyrrole nitrogens is 1. The maximum absolute atomic E-state index is 5.88. The smallest absolute Gasteiger partial charge is 0.179 e. The van der Waals surface area contributed by atoms with E-state index < -0.39 is 0 Å². The predicted octanol–water partition coefficient (Wildman–Crippen LogP) is 0.646. The average molecular weight is 221 g/mol. The summed E-state index contributed by atoms with van der Waals surface area (Å²) >= 11 is 0. The molecule has 1 unspecified atom stereocenters. The van der Waals surface area contributed by atoms with Crippen LogP contribution in [0.25, 0.3) is 11.2 Å². The highest BCUT2D eigenvalue weighted by Crippen LogP contribution is 2.15. The molecule has 86 valence electrons. The number of aromatic nitrogens is 3. The first kappa shape index (κ1) is 10.8. The third kappa shape index (κ3) is 1.98. The highest BCUT2D eigenvalue weighted by Gasteiger charge is 2.11. The monoisotopic (exact) mass is 221 g/mol. The lowest BCUT2D eigenvalue weighted by atomic mass is 10.3. The van der Waals surface area contributed by atoms with Gasteiger partial charge in [-0.3, -0.25) is 0 Å². The average Bonchev–Trinajstić information content (AvgIpc) is 2.71. The quantitative estimate of drug-likeness (QED) is 0.705. The highest BCUT2D eigenvalue weighted by atomic mass is 16.5. The number of anilines is 1. The molecule has 0 spiro atoms. The molecule has 2 aromatic rings. The molecule has 1 atom stereocenters. The molecule has 0 saturated heterocycles. The molecule has 6 nitrogen and oxygen atoms in total. The Hall–Kier alpha value is -1.66. The van der Waals surface area contributed by atoms with E-state index in [0.717, 1.165) is 11.3 Å². The van der Waals surface area contributed by atoms with E-state index in [0.29, 0.717) is 18.1 Å². The molecule has 0 aromatic carbocycles. The van der Waals surface area contributed by atoms with Crippen LogP contribution >= 0.6 is 0 Å². The molecular formula is C10H15N5O. The summed E-state index contributed by atoms with van der Waals surface area (Å²) in [4.78, 5) is 11.8. The Morgan fingerprint density at radius 1 is 1.50 bits per heavy atom. The van der Waals surface area contributed by atoms with Crippen LogP contribution in [0.3, 0.4) is 0 Å². The molecule has 0 aliphatic rings. The molecule has 16 heavy (non-hydrogen) atoms. The molecule has 0 saturated carbocycles. The maximum atomic E-state index is 5.88. The lowest BCUT2D eigenvalue weighted by Gasteiger charge is -2.05. The van der Waals surface area contributed by atoms with E-state index in [1.807, 2.05) is 19.2 Å². The summed E-state index contributed by atoms with van der Waals surface area (Å²) in [7, 11) is 3.43. The van der Waals surface area contributed by atoms with Gasteiger partial charge in [-0.2, -0.15) is 0 Å². The zero-order valence-electron chi connectivity index (χ0n) is 9.32. The zero-order chi connectivity index (χ0) is 11.5. The molecular weight excluding hydrogens is 206 g/mol. The van der Waals surface area contributed by atoms with Gasteiger partial charge in [-0.1, -0.05) is 0 Å². The number of nitrogens with one attached hydrogen (secondary N) is 2. The molecule has 0 amide bonds. The van der Waals surface area contributed by atoms with Gasteiger partial charge in [0.2, 0.25) is 0 Å². The van der Waals surface area contributed by atoms with E-state index in [9.17, 15) is 0 Å². The van der Waals surface area contributed by atoms with E-state index in [-0.39, 0.29) is 6.04 Å². The van der Waals surface area contributed by atoms with Gasteiger partial charge in [0.05, 0.1) is 18.2 Å². The number of fused-ring (bicyclic) bond motifs is 1. The molecule has 2 rings (SSSR count). The fraction of sp³-hybridized carbons (Fsp3) is 0.400. The third-order valence-electron chi connectivity index (χ3n) is 2.32. The third-order valence-corrected chi connectivity index (χ3v) is 2.32. The van der Waals surface area contributed by atoms with Crippen molar-refractivity contribution in [1.82, 2.24) is 15.0 Å². The number of nitrogens with zero attached hydrogens (tertiary/aromatic N) is 2. The Bertz CT molecular complexity index is 481. The summed E-state index contributed by atoms with van der Waals surface area (Å²) in [5, 5.41) is 2.96. The fourth-order valence-corrected chi connectivity index (χ4v) is 1.48. The van der Waals surface area contributed by atoms with Gasteiger partial charge in [-0.25, -0.2) is 9.97 Å². The number of rotatable bonds is 4. The Labute approximate surface area is 93.2 Å². The largest absolute Gasteiger partial charge is 0.383 e. The van der Waals surface area contributed by atoms with E-state index in [4.69, 9.17) is 10.5 Å². The molecule has 2 heterocycles. The fourth-order valence-electron chi connectivity index (χ4n) is 1.48. The number of aromatic amines is 1. The first-order valence-electron chi connectivity index (χ1n) is 5.03. The summed E-state index contributed by atoms with van der Waals surface area (Å²) in [5.41, 5.74) is 7.41. The first-order chi connectivity index (χ1) is 7.74. The van der Waals surface area contributed by atoms with Crippen molar-refractivity contribution in [3.63, 3.8) is 0 Å². The van der Waals surface area contributed by atoms with Gasteiger partial charge >= 0.3 is 0 Å². The normalized spacial score (nSPS) is 12.9. The van der Waals surface area contributed by atoms with Crippen molar-refractivity contribution in [2.45, 2.75) is 6.04 Å². The summed E-state index contributed by atoms with van der Waals surface area (Å²) in [5.74, 6) is 1.48. The number of hydrogen-bond donors (Lipinski definition) is 3. The van der Waals surface area contributed by atoms with E-state index in [1.54, 1.807) is 7.11 Å². The number of ether oxygens (including phenoxy) is 1. The van der Waals surface area contributed by atoms with Gasteiger partial charge in [0, 0.05) is 14.2 Å². The van der Waals surface area contributed by atoms with Crippen molar-refractivity contribution in [3.05, 3.63) is 18.0 Å². The molecule has 4 N–H and O–H groups in total. The second-order valence-electron chi connectivity index (χ2n) is 3.50. The lowest BCUT2D eigenvalue weighted by molar-refractivity contribution is 0.178. The van der Waals surface area contributed by atoms with E-state index >= 15 is 0 Å². The summed E-state index contributed by atoms with van der Waals surface area (Å²) in [6, 6.07) is 3.55. The van der Waals surface area contributed by atoms with Gasteiger partial charge in [-0.05, 0) is 12.1 Å². The van der Waals surface area contributed by atoms with Gasteiger partial charge < -0.3 is 20.8 Å². The van der Waals surface area contributed by atoms with Crippen LogP contribution in [-0.4, -0.2) is 35.7 Å². The van der Waals surface area contributed by atoms with Crippen molar-refractivity contribution < 1.29 is 4.74 Å². The highest BCUT2D eigenvalue weighted by molar-refractivity contribution is 5.72. The molecule has 0 aliphatic carbocycles. The Morgan fingerprint density at radius 3 is 3.00 bits per heavy atom. The summed E-state index contributed by atoms with van der Waals surface area (Å²) in [6.45, 7) is 0.429. The molecule has 0 bridgehead atoms. The molecule has 6 heteroatoms. The van der Waals surface area contributed by atoms with Gasteiger partial charge in [0.15, 0.2) is 5.65 Å². The molecule has 2 aromatic heterocycles. The first-order valence-corrected chi connectivity index (χ1v) is 5.03. The summed E-state index contributed by atoms with van der Waals surface area (Å²) in [6.07, 6.45) is 0. The summed E-state index contributed by atoms with van der Waals surface area (Å²) < 4.78 is 4.98. The van der Waals surface area contributed by atoms with Crippen LogP contribution in [0.4, 0.5) is 5.82 Å². The van der Waals surface area contributed by atoms with Crippen LogP contribution in [0.1, 0.15) is 11.9 Å². The lowest BCUT2D eigenvalue weighted by Crippen LogP contribution is -2.17. The minimum atomic E-state index is -0.253. The van der Waals surface area contributed by atoms with Crippen LogP contribution in [0.2, 0.25) is 0 Å². The van der Waals surface area contributed by atoms with Gasteiger partial charge in [0.1, 0.15) is 11.6 Å². The number of hydrogen-bond acceptors (Lipinski definition) is 5. The predicted molar refractivity (Wildman–Crippen MR) is 62.2 cm³/mol. The second kappa shape index (κ2) is 4.46. The maximum Gasteiger partial charge on any atom is 0.179 e. The zero-order valence-corrected chi connectivity index (χ0v) is 9.32. The number of pyridine rings is 1. The van der Waals surface area contributed by atoms with Crippen LogP contribution in [0, 0.1) is 0 Å². The van der Waals surface area contributed by atoms with Crippen LogP contribution in [0.15, 0.2) is 12.1 Å². The van der Waals surface area contributed by atoms with Crippen molar-refractivity contribution in [3.8, 4) is 0 Å². The van der Waals surface area contributed by atoms with Crippen molar-refractivity contribution >= 4 is 17.0 Å². The standard InChI is InChI=1S/C10H15N5O/c1-12-8-4-3-7-10(14-8)15-9(13-7)6(11)5-16-2/h3-4,6H,5,11H2,1-2H3,(H2,12,13,14,15). The number of imidazole rings is 1. The van der Waals surface area contributed by atoms with Gasteiger partial charge in [-0.15, -0.1) is 0 Å². The van der Waals surface area contributed by atoms with E-state index in [1.165, 1.54) is 0 Å². The van der Waals surface area contributed by atoms with Crippen LogP contribution in [0.5, 0.6) is 0 Å². The van der Waals surface area contributed by atoms with Crippen LogP contribution < -0.4 is 11.1 Å². The Kier molecular flexibility index (Phi) is 3.02.